The van der Waals surface area contributed by atoms with Crippen LogP contribution in [0.15, 0.2) is 91.0 Å². The maximum Gasteiger partial charge on any atom is 0.159 e. The first kappa shape index (κ1) is 17.0. The van der Waals surface area contributed by atoms with Crippen LogP contribution < -0.4 is 0 Å². The fraction of sp³-hybridized carbons (Fsp3) is 0.0385. The molecule has 0 amide bonds. The van der Waals surface area contributed by atoms with Gasteiger partial charge < -0.3 is 0 Å². The van der Waals surface area contributed by atoms with Crippen LogP contribution in [0.3, 0.4) is 0 Å². The van der Waals surface area contributed by atoms with Crippen molar-refractivity contribution in [1.29, 1.82) is 0 Å². The van der Waals surface area contributed by atoms with Crippen molar-refractivity contribution in [2.75, 3.05) is 0 Å². The highest BCUT2D eigenvalue weighted by Gasteiger charge is 2.03. The molecule has 1 heteroatoms. The zero-order valence-corrected chi connectivity index (χ0v) is 15.2. The highest BCUT2D eigenvalue weighted by molar-refractivity contribution is 5.95. The number of ketones is 1. The van der Waals surface area contributed by atoms with E-state index in [1.807, 2.05) is 42.5 Å². The summed E-state index contributed by atoms with van der Waals surface area (Å²) in [5.74, 6) is 0.0937. The Labute approximate surface area is 159 Å². The fourth-order valence-electron chi connectivity index (χ4n) is 3.20. The first-order valence-corrected chi connectivity index (χ1v) is 9.07. The molecular weight excluding hydrogens is 328 g/mol. The molecule has 0 saturated carbocycles. The van der Waals surface area contributed by atoms with Gasteiger partial charge in [0, 0.05) is 5.56 Å². The summed E-state index contributed by atoms with van der Waals surface area (Å²) in [5.41, 5.74) is 5.40. The van der Waals surface area contributed by atoms with E-state index >= 15 is 0 Å². The Balaban J connectivity index is 1.62. The first-order chi connectivity index (χ1) is 13.2. The predicted octanol–water partition coefficient (Wildman–Crippen LogP) is 6.88. The molecule has 4 aromatic carbocycles. The Bertz CT molecular complexity index is 1120. The summed E-state index contributed by atoms with van der Waals surface area (Å²) in [4.78, 5) is 11.4. The minimum atomic E-state index is 0.0937. The lowest BCUT2D eigenvalue weighted by Crippen LogP contribution is -1.90. The number of carbonyl (C=O) groups excluding carboxylic acids is 1. The normalized spacial score (nSPS) is 11.1. The molecule has 0 N–H and O–H groups in total. The van der Waals surface area contributed by atoms with Crippen LogP contribution in [-0.2, 0) is 0 Å². The average Bonchev–Trinajstić information content (AvgIpc) is 2.72. The van der Waals surface area contributed by atoms with E-state index in [4.69, 9.17) is 0 Å². The van der Waals surface area contributed by atoms with Crippen molar-refractivity contribution in [3.05, 3.63) is 108 Å². The van der Waals surface area contributed by atoms with E-state index in [9.17, 15) is 4.79 Å². The highest BCUT2D eigenvalue weighted by atomic mass is 16.1. The monoisotopic (exact) mass is 348 g/mol. The first-order valence-electron chi connectivity index (χ1n) is 9.07. The van der Waals surface area contributed by atoms with Crippen LogP contribution in [-0.4, -0.2) is 5.78 Å². The van der Waals surface area contributed by atoms with Crippen LogP contribution in [0.25, 0.3) is 34.1 Å². The molecule has 0 fully saturated rings. The van der Waals surface area contributed by atoms with Gasteiger partial charge in [0.05, 0.1) is 0 Å². The second-order valence-electron chi connectivity index (χ2n) is 6.70. The number of hydrogen-bond acceptors (Lipinski definition) is 1. The Kier molecular flexibility index (Phi) is 4.67. The number of fused-ring (bicyclic) bond motifs is 1. The van der Waals surface area contributed by atoms with Crippen LogP contribution in [0.2, 0.25) is 0 Å². The second-order valence-corrected chi connectivity index (χ2v) is 6.70. The zero-order valence-electron chi connectivity index (χ0n) is 15.2. The molecule has 1 nitrogen and oxygen atoms in total. The lowest BCUT2D eigenvalue weighted by Gasteiger charge is -2.06. The molecular formula is C26H20O. The summed E-state index contributed by atoms with van der Waals surface area (Å²) in [5, 5.41) is 2.43. The number of Topliss-reactive ketones (excluding diaryl/α,β-unsaturated/α-hetero) is 1. The van der Waals surface area contributed by atoms with Crippen molar-refractivity contribution >= 4 is 28.7 Å². The molecule has 27 heavy (non-hydrogen) atoms. The maximum atomic E-state index is 11.4. The van der Waals surface area contributed by atoms with Crippen molar-refractivity contribution in [3.8, 4) is 11.1 Å². The lowest BCUT2D eigenvalue weighted by molar-refractivity contribution is 0.101. The van der Waals surface area contributed by atoms with E-state index in [-0.39, 0.29) is 5.78 Å². The Morgan fingerprint density at radius 1 is 0.630 bits per heavy atom. The standard InChI is InChI=1S/C26H20O/c1-19(27)22-11-13-23(14-12-22)25-16-15-24-17-21(9-10-26(24)18-25)8-7-20-5-3-2-4-6-20/h2-18H,1H3/b8-7+. The molecule has 0 heterocycles. The summed E-state index contributed by atoms with van der Waals surface area (Å²) >= 11 is 0. The molecule has 0 unspecified atom stereocenters. The molecule has 130 valence electrons. The van der Waals surface area contributed by atoms with Gasteiger partial charge in [-0.25, -0.2) is 0 Å². The van der Waals surface area contributed by atoms with Gasteiger partial charge in [0.25, 0.3) is 0 Å². The molecule has 0 aromatic heterocycles. The minimum Gasteiger partial charge on any atom is -0.295 e. The van der Waals surface area contributed by atoms with E-state index in [0.717, 1.165) is 16.7 Å². The van der Waals surface area contributed by atoms with Gasteiger partial charge in [-0.15, -0.1) is 0 Å². The molecule has 0 radical (unpaired) electrons. The van der Waals surface area contributed by atoms with Gasteiger partial charge in [-0.05, 0) is 52.1 Å². The molecule has 0 aliphatic carbocycles. The van der Waals surface area contributed by atoms with Crippen LogP contribution >= 0.6 is 0 Å². The third-order valence-corrected chi connectivity index (χ3v) is 4.76. The maximum absolute atomic E-state index is 11.4. The van der Waals surface area contributed by atoms with Gasteiger partial charge in [0.1, 0.15) is 0 Å². The van der Waals surface area contributed by atoms with Gasteiger partial charge in [0.2, 0.25) is 0 Å². The SMILES string of the molecule is CC(=O)c1ccc(-c2ccc3cc(/C=C/c4ccccc4)ccc3c2)cc1. The quantitative estimate of drug-likeness (QED) is 0.290. The zero-order chi connectivity index (χ0) is 18.6. The minimum absolute atomic E-state index is 0.0937. The van der Waals surface area contributed by atoms with Gasteiger partial charge >= 0.3 is 0 Å². The summed E-state index contributed by atoms with van der Waals surface area (Å²) in [6.07, 6.45) is 4.27. The number of benzene rings is 4. The van der Waals surface area contributed by atoms with Crippen LogP contribution in [0.5, 0.6) is 0 Å². The third-order valence-electron chi connectivity index (χ3n) is 4.76. The molecule has 0 aliphatic heterocycles. The summed E-state index contributed by atoms with van der Waals surface area (Å²) in [7, 11) is 0. The smallest absolute Gasteiger partial charge is 0.159 e. The lowest BCUT2D eigenvalue weighted by atomic mass is 9.98. The topological polar surface area (TPSA) is 17.1 Å². The number of hydrogen-bond donors (Lipinski definition) is 0. The van der Waals surface area contributed by atoms with Crippen LogP contribution in [0.4, 0.5) is 0 Å². The summed E-state index contributed by atoms with van der Waals surface area (Å²) in [6, 6.07) is 31.1. The van der Waals surface area contributed by atoms with Crippen molar-refractivity contribution in [2.45, 2.75) is 6.92 Å². The average molecular weight is 348 g/mol. The Morgan fingerprint density at radius 3 is 2.00 bits per heavy atom. The summed E-state index contributed by atoms with van der Waals surface area (Å²) < 4.78 is 0. The largest absolute Gasteiger partial charge is 0.295 e. The van der Waals surface area contributed by atoms with Crippen LogP contribution in [0.1, 0.15) is 28.4 Å². The van der Waals surface area contributed by atoms with Gasteiger partial charge in [-0.3, -0.25) is 4.79 Å². The van der Waals surface area contributed by atoms with Crippen molar-refractivity contribution < 1.29 is 4.79 Å². The predicted molar refractivity (Wildman–Crippen MR) is 115 cm³/mol. The molecule has 0 spiro atoms. The Morgan fingerprint density at radius 2 is 1.26 bits per heavy atom. The van der Waals surface area contributed by atoms with Crippen molar-refractivity contribution in [1.82, 2.24) is 0 Å². The van der Waals surface area contributed by atoms with Crippen molar-refractivity contribution in [2.24, 2.45) is 0 Å². The molecule has 0 bridgehead atoms. The number of carbonyl (C=O) groups is 1. The molecule has 0 saturated heterocycles. The molecule has 0 atom stereocenters. The van der Waals surface area contributed by atoms with E-state index < -0.39 is 0 Å². The van der Waals surface area contributed by atoms with Crippen LogP contribution in [0, 0.1) is 0 Å². The second kappa shape index (κ2) is 7.43. The molecule has 4 aromatic rings. The van der Waals surface area contributed by atoms with Gasteiger partial charge in [-0.1, -0.05) is 91.0 Å². The van der Waals surface area contributed by atoms with E-state index in [1.54, 1.807) is 6.92 Å². The van der Waals surface area contributed by atoms with E-state index in [1.165, 1.54) is 21.9 Å². The van der Waals surface area contributed by atoms with Gasteiger partial charge in [-0.2, -0.15) is 0 Å². The highest BCUT2D eigenvalue weighted by Crippen LogP contribution is 2.26. The fourth-order valence-corrected chi connectivity index (χ4v) is 3.20. The van der Waals surface area contributed by atoms with E-state index in [2.05, 4.69) is 60.7 Å². The molecule has 4 rings (SSSR count). The Hall–Kier alpha value is -3.45. The molecule has 0 aliphatic rings. The third kappa shape index (κ3) is 3.88. The number of rotatable bonds is 4. The summed E-state index contributed by atoms with van der Waals surface area (Å²) in [6.45, 7) is 1.59. The van der Waals surface area contributed by atoms with Gasteiger partial charge in [0.15, 0.2) is 5.78 Å². The van der Waals surface area contributed by atoms with Crippen molar-refractivity contribution in [3.63, 3.8) is 0 Å². The van der Waals surface area contributed by atoms with E-state index in [0.29, 0.717) is 0 Å².